The van der Waals surface area contributed by atoms with Gasteiger partial charge in [-0.05, 0) is 51.5 Å². The summed E-state index contributed by atoms with van der Waals surface area (Å²) in [5, 5.41) is 3.54. The first-order chi connectivity index (χ1) is 14.7. The third-order valence-electron chi connectivity index (χ3n) is 4.99. The second-order valence-corrected chi connectivity index (χ2v) is 9.46. The van der Waals surface area contributed by atoms with Crippen molar-refractivity contribution in [2.24, 2.45) is 0 Å². The van der Waals surface area contributed by atoms with Gasteiger partial charge in [0.05, 0.1) is 24.4 Å². The monoisotopic (exact) mass is 445 g/mol. The number of fused-ring (bicyclic) bond motifs is 2. The smallest absolute Gasteiger partial charge is 0.342 e. The highest BCUT2D eigenvalue weighted by Crippen LogP contribution is 2.47. The summed E-state index contributed by atoms with van der Waals surface area (Å²) < 4.78 is 23.3. The van der Waals surface area contributed by atoms with Gasteiger partial charge in [-0.2, -0.15) is 0 Å². The Balaban J connectivity index is 2.02. The van der Waals surface area contributed by atoms with E-state index in [-0.39, 0.29) is 25.4 Å². The average Bonchev–Trinajstić information content (AvgIpc) is 2.71. The largest absolute Gasteiger partial charge is 0.349 e. The molecule has 1 atom stereocenters. The van der Waals surface area contributed by atoms with Crippen molar-refractivity contribution >= 4 is 35.9 Å². The van der Waals surface area contributed by atoms with Crippen LogP contribution in [0.15, 0.2) is 30.5 Å². The highest BCUT2D eigenvalue weighted by atomic mass is 31.2. The summed E-state index contributed by atoms with van der Waals surface area (Å²) in [5.41, 5.74) is 3.94. The number of carbonyl (C=O) groups is 2. The first-order valence-electron chi connectivity index (χ1n) is 10.2. The van der Waals surface area contributed by atoms with Crippen molar-refractivity contribution in [2.45, 2.75) is 40.7 Å². The molecule has 0 fully saturated rings. The van der Waals surface area contributed by atoms with Gasteiger partial charge < -0.3 is 19.3 Å². The molecule has 1 aromatic carbocycles. The minimum atomic E-state index is -3.48. The van der Waals surface area contributed by atoms with Crippen LogP contribution in [-0.4, -0.2) is 41.2 Å². The molecule has 0 radical (unpaired) electrons. The molecule has 1 aliphatic rings. The maximum Gasteiger partial charge on any atom is 0.349 e. The molecule has 2 heterocycles. The van der Waals surface area contributed by atoms with Crippen LogP contribution in [-0.2, 0) is 23.2 Å². The van der Waals surface area contributed by atoms with Crippen molar-refractivity contribution in [3.8, 4) is 0 Å². The van der Waals surface area contributed by atoms with Crippen LogP contribution in [0.4, 0.5) is 0 Å². The number of nitrogens with zero attached hydrogens (tertiary/aromatic N) is 2. The number of allylic oxidation sites excluding steroid dienone is 1. The Hall–Kier alpha value is -2.54. The van der Waals surface area contributed by atoms with Gasteiger partial charge in [0.2, 0.25) is 11.8 Å². The van der Waals surface area contributed by atoms with Gasteiger partial charge in [0.1, 0.15) is 12.3 Å². The maximum atomic E-state index is 13.2. The number of hydrogen-bond donors (Lipinski definition) is 1. The lowest BCUT2D eigenvalue weighted by Gasteiger charge is -2.33. The van der Waals surface area contributed by atoms with Crippen LogP contribution in [0, 0.1) is 6.92 Å². The number of benzene rings is 1. The van der Waals surface area contributed by atoms with E-state index >= 15 is 0 Å². The minimum absolute atomic E-state index is 0.191. The molecule has 166 valence electrons. The summed E-state index contributed by atoms with van der Waals surface area (Å²) in [6.07, 6.45) is 1.35. The highest BCUT2D eigenvalue weighted by molar-refractivity contribution is 7.53. The van der Waals surface area contributed by atoms with E-state index in [1.807, 2.05) is 38.1 Å². The van der Waals surface area contributed by atoms with Crippen molar-refractivity contribution in [3.05, 3.63) is 47.3 Å². The zero-order valence-corrected chi connectivity index (χ0v) is 19.4. The molecule has 8 nitrogen and oxygen atoms in total. The summed E-state index contributed by atoms with van der Waals surface area (Å²) in [6.45, 7) is 9.03. The Bertz CT molecular complexity index is 1090. The number of hydrogen-bond acceptors (Lipinski definition) is 6. The normalized spacial score (nSPS) is 16.1. The van der Waals surface area contributed by atoms with Gasteiger partial charge in [0.15, 0.2) is 0 Å². The number of rotatable bonds is 7. The first-order valence-corrected chi connectivity index (χ1v) is 12.0. The zero-order chi connectivity index (χ0) is 22.8. The number of pyridine rings is 1. The maximum absolute atomic E-state index is 13.2. The Kier molecular flexibility index (Phi) is 6.94. The van der Waals surface area contributed by atoms with Gasteiger partial charge in [-0.1, -0.05) is 11.6 Å². The fraction of sp³-hybridized carbons (Fsp3) is 0.409. The van der Waals surface area contributed by atoms with E-state index in [1.165, 1.54) is 11.8 Å². The molecule has 2 amide bonds. The lowest BCUT2D eigenvalue weighted by atomic mass is 9.93. The van der Waals surface area contributed by atoms with Crippen molar-refractivity contribution in [1.29, 1.82) is 0 Å². The predicted molar refractivity (Wildman–Crippen MR) is 119 cm³/mol. The van der Waals surface area contributed by atoms with Gasteiger partial charge in [-0.3, -0.25) is 14.2 Å². The third-order valence-corrected chi connectivity index (χ3v) is 6.84. The minimum Gasteiger partial charge on any atom is -0.342 e. The van der Waals surface area contributed by atoms with E-state index in [0.29, 0.717) is 11.3 Å². The molecule has 1 aromatic heterocycles. The fourth-order valence-electron chi connectivity index (χ4n) is 3.66. The Morgan fingerprint density at radius 2 is 1.84 bits per heavy atom. The molecule has 1 N–H and O–H groups in total. The van der Waals surface area contributed by atoms with E-state index in [9.17, 15) is 14.2 Å². The topological polar surface area (TPSA) is 97.8 Å². The summed E-state index contributed by atoms with van der Waals surface area (Å²) in [6, 6.07) is 6.86. The number of carbonyl (C=O) groups excluding carboxylic acids is 2. The van der Waals surface area contributed by atoms with Crippen LogP contribution in [0.2, 0.25) is 0 Å². The molecule has 0 spiro atoms. The molecule has 0 aliphatic carbocycles. The second kappa shape index (κ2) is 9.30. The standard InChI is InChI=1S/C22H28N3O5P/c1-6-29-31(28,30-7-2)13-23-22(27)21-18-11-17-10-14(3)8-9-19(17)24-20(18)15(4)12-25(21)16(5)26/h8-12,21H,6-7,13H2,1-5H3,(H,23,27). The Morgan fingerprint density at radius 3 is 2.45 bits per heavy atom. The lowest BCUT2D eigenvalue weighted by Crippen LogP contribution is -2.42. The molecule has 1 unspecified atom stereocenters. The number of aromatic nitrogens is 1. The van der Waals surface area contributed by atoms with E-state index in [2.05, 4.69) is 5.32 Å². The molecule has 2 aromatic rings. The molecule has 0 saturated heterocycles. The van der Waals surface area contributed by atoms with Crippen LogP contribution >= 0.6 is 7.60 Å². The Labute approximate surface area is 182 Å². The molecule has 0 bridgehead atoms. The quantitative estimate of drug-likeness (QED) is 0.643. The van der Waals surface area contributed by atoms with E-state index in [4.69, 9.17) is 14.0 Å². The van der Waals surface area contributed by atoms with E-state index in [1.54, 1.807) is 20.0 Å². The molecular formula is C22H28N3O5P. The van der Waals surface area contributed by atoms with Crippen molar-refractivity contribution in [3.63, 3.8) is 0 Å². The number of aryl methyl sites for hydroxylation is 1. The predicted octanol–water partition coefficient (Wildman–Crippen LogP) is 4.15. The molecule has 1 aliphatic heterocycles. The summed E-state index contributed by atoms with van der Waals surface area (Å²) in [5.74, 6) is -0.763. The molecule has 3 rings (SSSR count). The second-order valence-electron chi connectivity index (χ2n) is 7.41. The summed E-state index contributed by atoms with van der Waals surface area (Å²) in [4.78, 5) is 31.7. The van der Waals surface area contributed by atoms with Gasteiger partial charge in [-0.15, -0.1) is 0 Å². The van der Waals surface area contributed by atoms with Crippen molar-refractivity contribution < 1.29 is 23.2 Å². The van der Waals surface area contributed by atoms with Gasteiger partial charge in [0.25, 0.3) is 0 Å². The van der Waals surface area contributed by atoms with Gasteiger partial charge >= 0.3 is 7.60 Å². The van der Waals surface area contributed by atoms with Crippen molar-refractivity contribution in [1.82, 2.24) is 15.2 Å². The molecular weight excluding hydrogens is 417 g/mol. The Morgan fingerprint density at radius 1 is 1.16 bits per heavy atom. The average molecular weight is 445 g/mol. The van der Waals surface area contributed by atoms with Crippen LogP contribution in [0.3, 0.4) is 0 Å². The van der Waals surface area contributed by atoms with Crippen LogP contribution < -0.4 is 5.32 Å². The van der Waals surface area contributed by atoms with Crippen molar-refractivity contribution in [2.75, 3.05) is 19.5 Å². The summed E-state index contributed by atoms with van der Waals surface area (Å²) >= 11 is 0. The van der Waals surface area contributed by atoms with Crippen LogP contribution in [0.25, 0.3) is 16.5 Å². The van der Waals surface area contributed by atoms with Crippen LogP contribution in [0.5, 0.6) is 0 Å². The van der Waals surface area contributed by atoms with E-state index < -0.39 is 19.5 Å². The van der Waals surface area contributed by atoms with Gasteiger partial charge in [-0.25, -0.2) is 4.98 Å². The van der Waals surface area contributed by atoms with Crippen LogP contribution in [0.1, 0.15) is 50.6 Å². The zero-order valence-electron chi connectivity index (χ0n) is 18.5. The molecule has 9 heteroatoms. The number of nitrogens with one attached hydrogen (secondary N) is 1. The molecule has 31 heavy (non-hydrogen) atoms. The highest BCUT2D eigenvalue weighted by Gasteiger charge is 2.36. The lowest BCUT2D eigenvalue weighted by molar-refractivity contribution is -0.136. The van der Waals surface area contributed by atoms with E-state index in [0.717, 1.165) is 22.0 Å². The first kappa shape index (κ1) is 23.1. The number of amides is 2. The fourth-order valence-corrected chi connectivity index (χ4v) is 5.06. The summed E-state index contributed by atoms with van der Waals surface area (Å²) in [7, 11) is -3.48. The third kappa shape index (κ3) is 4.87. The molecule has 0 saturated carbocycles. The SMILES string of the molecule is CCOP(=O)(CNC(=O)C1c2cc3cc(C)ccc3nc2C(C)=CN1C(C)=O)OCC. The van der Waals surface area contributed by atoms with Gasteiger partial charge in [0, 0.05) is 24.1 Å².